The lowest BCUT2D eigenvalue weighted by Gasteiger charge is -2.20. The maximum atomic E-state index is 6.32. The number of halogens is 2. The summed E-state index contributed by atoms with van der Waals surface area (Å²) >= 11 is 14.2. The average molecular weight is 288 g/mol. The summed E-state index contributed by atoms with van der Waals surface area (Å²) in [7, 11) is 0. The van der Waals surface area contributed by atoms with Crippen LogP contribution < -0.4 is 5.73 Å². The van der Waals surface area contributed by atoms with Crippen LogP contribution in [0, 0.1) is 0 Å². The van der Waals surface area contributed by atoms with E-state index in [1.165, 1.54) is 10.4 Å². The minimum atomic E-state index is 0.0152. The Labute approximate surface area is 116 Å². The van der Waals surface area contributed by atoms with Crippen molar-refractivity contribution in [1.82, 2.24) is 0 Å². The Kier molecular flexibility index (Phi) is 3.43. The SMILES string of the molecule is CC(C)(C)c1c(CN)sc2c(Cl)ccc(Cl)c12. The van der Waals surface area contributed by atoms with E-state index in [0.717, 1.165) is 20.1 Å². The molecular weight excluding hydrogens is 273 g/mol. The Morgan fingerprint density at radius 1 is 1.18 bits per heavy atom. The largest absolute Gasteiger partial charge is 0.326 e. The summed E-state index contributed by atoms with van der Waals surface area (Å²) < 4.78 is 1.05. The van der Waals surface area contributed by atoms with Crippen LogP contribution in [0.3, 0.4) is 0 Å². The maximum Gasteiger partial charge on any atom is 0.0585 e. The lowest BCUT2D eigenvalue weighted by Crippen LogP contribution is -2.14. The number of hydrogen-bond donors (Lipinski definition) is 1. The highest BCUT2D eigenvalue weighted by Gasteiger charge is 2.25. The standard InChI is InChI=1S/C13H15Cl2NS/c1-13(2,3)11-9(6-16)17-12-8(15)5-4-7(14)10(11)12/h4-5H,6,16H2,1-3H3. The molecule has 0 amide bonds. The van der Waals surface area contributed by atoms with Gasteiger partial charge in [-0.1, -0.05) is 44.0 Å². The van der Waals surface area contributed by atoms with Crippen molar-refractivity contribution in [2.24, 2.45) is 5.73 Å². The molecule has 2 rings (SSSR count). The summed E-state index contributed by atoms with van der Waals surface area (Å²) in [5.41, 5.74) is 7.08. The first-order valence-corrected chi connectivity index (χ1v) is 7.03. The van der Waals surface area contributed by atoms with Gasteiger partial charge in [0.1, 0.15) is 0 Å². The molecule has 1 nitrogen and oxygen atoms in total. The second kappa shape index (κ2) is 4.43. The molecule has 0 aliphatic rings. The van der Waals surface area contributed by atoms with E-state index in [2.05, 4.69) is 20.8 Å². The minimum absolute atomic E-state index is 0.0152. The van der Waals surface area contributed by atoms with Crippen molar-refractivity contribution in [1.29, 1.82) is 0 Å². The molecule has 0 spiro atoms. The van der Waals surface area contributed by atoms with E-state index in [0.29, 0.717) is 6.54 Å². The molecule has 17 heavy (non-hydrogen) atoms. The smallest absolute Gasteiger partial charge is 0.0585 e. The van der Waals surface area contributed by atoms with Crippen molar-refractivity contribution < 1.29 is 0 Å². The van der Waals surface area contributed by atoms with E-state index in [4.69, 9.17) is 28.9 Å². The molecular formula is C13H15Cl2NS. The quantitative estimate of drug-likeness (QED) is 0.788. The molecule has 0 atom stereocenters. The maximum absolute atomic E-state index is 6.32. The predicted molar refractivity (Wildman–Crippen MR) is 78.4 cm³/mol. The van der Waals surface area contributed by atoms with Crippen LogP contribution in [0.2, 0.25) is 10.0 Å². The zero-order valence-corrected chi connectivity index (χ0v) is 12.4. The Morgan fingerprint density at radius 3 is 2.29 bits per heavy atom. The number of benzene rings is 1. The monoisotopic (exact) mass is 287 g/mol. The van der Waals surface area contributed by atoms with Gasteiger partial charge in [-0.25, -0.2) is 0 Å². The molecule has 92 valence electrons. The normalized spacial score (nSPS) is 12.4. The van der Waals surface area contributed by atoms with Gasteiger partial charge in [-0.05, 0) is 23.1 Å². The van der Waals surface area contributed by atoms with Crippen LogP contribution in [0.15, 0.2) is 12.1 Å². The van der Waals surface area contributed by atoms with E-state index in [9.17, 15) is 0 Å². The van der Waals surface area contributed by atoms with Crippen LogP contribution in [0.25, 0.3) is 10.1 Å². The first-order chi connectivity index (χ1) is 7.86. The highest BCUT2D eigenvalue weighted by atomic mass is 35.5. The van der Waals surface area contributed by atoms with Crippen molar-refractivity contribution >= 4 is 44.6 Å². The molecule has 1 aromatic heterocycles. The highest BCUT2D eigenvalue weighted by molar-refractivity contribution is 7.20. The fraction of sp³-hybridized carbons (Fsp3) is 0.385. The highest BCUT2D eigenvalue weighted by Crippen LogP contribution is 2.44. The van der Waals surface area contributed by atoms with Crippen LogP contribution in [0.5, 0.6) is 0 Å². The molecule has 0 aliphatic heterocycles. The summed E-state index contributed by atoms with van der Waals surface area (Å²) in [6.45, 7) is 7.04. The zero-order valence-electron chi connectivity index (χ0n) is 10.1. The van der Waals surface area contributed by atoms with E-state index in [-0.39, 0.29) is 5.41 Å². The second-order valence-corrected chi connectivity index (χ2v) is 7.01. The van der Waals surface area contributed by atoms with Gasteiger partial charge in [0, 0.05) is 21.8 Å². The third-order valence-corrected chi connectivity index (χ3v) is 4.74. The molecule has 0 radical (unpaired) electrons. The topological polar surface area (TPSA) is 26.0 Å². The van der Waals surface area contributed by atoms with Gasteiger partial charge in [0.15, 0.2) is 0 Å². The molecule has 2 aromatic rings. The van der Waals surface area contributed by atoms with Crippen LogP contribution in [-0.2, 0) is 12.0 Å². The van der Waals surface area contributed by atoms with Gasteiger partial charge in [-0.3, -0.25) is 0 Å². The number of nitrogens with two attached hydrogens (primary N) is 1. The average Bonchev–Trinajstić information content (AvgIpc) is 2.63. The molecule has 0 unspecified atom stereocenters. The molecule has 0 saturated heterocycles. The van der Waals surface area contributed by atoms with Gasteiger partial charge in [0.25, 0.3) is 0 Å². The van der Waals surface area contributed by atoms with Gasteiger partial charge in [-0.15, -0.1) is 11.3 Å². The van der Waals surface area contributed by atoms with Gasteiger partial charge in [0.05, 0.1) is 9.72 Å². The van der Waals surface area contributed by atoms with E-state index in [1.54, 1.807) is 11.3 Å². The molecule has 1 aromatic carbocycles. The summed E-state index contributed by atoms with van der Waals surface area (Å²) in [5.74, 6) is 0. The molecule has 0 saturated carbocycles. The van der Waals surface area contributed by atoms with Gasteiger partial charge in [-0.2, -0.15) is 0 Å². The molecule has 0 fully saturated rings. The van der Waals surface area contributed by atoms with Crippen molar-refractivity contribution in [2.75, 3.05) is 0 Å². The van der Waals surface area contributed by atoms with Crippen molar-refractivity contribution in [3.05, 3.63) is 32.6 Å². The van der Waals surface area contributed by atoms with Crippen LogP contribution in [-0.4, -0.2) is 0 Å². The van der Waals surface area contributed by atoms with Crippen LogP contribution >= 0.6 is 34.5 Å². The molecule has 0 aliphatic carbocycles. The number of thiophene rings is 1. The molecule has 2 N–H and O–H groups in total. The van der Waals surface area contributed by atoms with E-state index in [1.807, 2.05) is 12.1 Å². The molecule has 0 bridgehead atoms. The number of hydrogen-bond acceptors (Lipinski definition) is 2. The first-order valence-electron chi connectivity index (χ1n) is 5.46. The number of fused-ring (bicyclic) bond motifs is 1. The van der Waals surface area contributed by atoms with Gasteiger partial charge in [0.2, 0.25) is 0 Å². The minimum Gasteiger partial charge on any atom is -0.326 e. The van der Waals surface area contributed by atoms with Gasteiger partial charge >= 0.3 is 0 Å². The summed E-state index contributed by atoms with van der Waals surface area (Å²) in [6.07, 6.45) is 0. The Hall–Kier alpha value is -0.280. The lowest BCUT2D eigenvalue weighted by molar-refractivity contribution is 0.591. The first kappa shape index (κ1) is 13.2. The fourth-order valence-electron chi connectivity index (χ4n) is 2.12. The summed E-state index contributed by atoms with van der Waals surface area (Å²) in [4.78, 5) is 1.17. The predicted octanol–water partition coefficient (Wildman–Crippen LogP) is 4.96. The Bertz CT molecular complexity index is 567. The van der Waals surface area contributed by atoms with Crippen LogP contribution in [0.1, 0.15) is 31.2 Å². The van der Waals surface area contributed by atoms with Crippen LogP contribution in [0.4, 0.5) is 0 Å². The second-order valence-electron chi connectivity index (χ2n) is 5.09. The molecule has 1 heterocycles. The zero-order chi connectivity index (χ0) is 12.8. The summed E-state index contributed by atoms with van der Waals surface area (Å²) in [6, 6.07) is 3.70. The lowest BCUT2D eigenvalue weighted by atomic mass is 9.85. The summed E-state index contributed by atoms with van der Waals surface area (Å²) in [5, 5.41) is 2.57. The van der Waals surface area contributed by atoms with E-state index >= 15 is 0 Å². The Balaban J connectivity index is 2.93. The van der Waals surface area contributed by atoms with Gasteiger partial charge < -0.3 is 5.73 Å². The van der Waals surface area contributed by atoms with Crippen molar-refractivity contribution in [3.63, 3.8) is 0 Å². The Morgan fingerprint density at radius 2 is 1.76 bits per heavy atom. The third kappa shape index (κ3) is 2.19. The van der Waals surface area contributed by atoms with Crippen molar-refractivity contribution in [3.8, 4) is 0 Å². The molecule has 4 heteroatoms. The third-order valence-electron chi connectivity index (χ3n) is 2.75. The van der Waals surface area contributed by atoms with Crippen molar-refractivity contribution in [2.45, 2.75) is 32.7 Å². The van der Waals surface area contributed by atoms with E-state index < -0.39 is 0 Å². The number of rotatable bonds is 1. The fourth-order valence-corrected chi connectivity index (χ4v) is 4.02.